The standard InChI is InChI=1S/C18H20O2S/c1-18(2,3)15-7-9-16(10-8-15)21-12-13-5-4-6-14(11-13)17(19)20/h4-11H,12H2,1-3H3,(H,19,20). The molecule has 2 rings (SSSR count). The van der Waals surface area contributed by atoms with E-state index < -0.39 is 5.97 Å². The summed E-state index contributed by atoms with van der Waals surface area (Å²) in [5.41, 5.74) is 2.86. The van der Waals surface area contributed by atoms with Gasteiger partial charge in [0.2, 0.25) is 0 Å². The molecule has 0 radical (unpaired) electrons. The van der Waals surface area contributed by atoms with Crippen molar-refractivity contribution < 1.29 is 9.90 Å². The van der Waals surface area contributed by atoms with Gasteiger partial charge in [0.25, 0.3) is 0 Å². The monoisotopic (exact) mass is 300 g/mol. The lowest BCUT2D eigenvalue weighted by atomic mass is 9.87. The zero-order valence-electron chi connectivity index (χ0n) is 12.6. The van der Waals surface area contributed by atoms with Crippen LogP contribution >= 0.6 is 11.8 Å². The van der Waals surface area contributed by atoms with Crippen molar-refractivity contribution in [2.75, 3.05) is 0 Å². The van der Waals surface area contributed by atoms with Crippen molar-refractivity contribution in [3.05, 3.63) is 65.2 Å². The molecule has 0 saturated carbocycles. The van der Waals surface area contributed by atoms with Crippen LogP contribution < -0.4 is 0 Å². The summed E-state index contributed by atoms with van der Waals surface area (Å²) in [4.78, 5) is 12.1. The summed E-state index contributed by atoms with van der Waals surface area (Å²) >= 11 is 1.72. The normalized spacial score (nSPS) is 11.4. The predicted molar refractivity (Wildman–Crippen MR) is 88.1 cm³/mol. The molecule has 0 aliphatic rings. The summed E-state index contributed by atoms with van der Waals surface area (Å²) < 4.78 is 0. The molecule has 2 aromatic rings. The maximum absolute atomic E-state index is 11.0. The fourth-order valence-corrected chi connectivity index (χ4v) is 2.85. The lowest BCUT2D eigenvalue weighted by Crippen LogP contribution is -2.10. The number of hydrogen-bond acceptors (Lipinski definition) is 2. The first-order valence-electron chi connectivity index (χ1n) is 6.92. The van der Waals surface area contributed by atoms with Crippen molar-refractivity contribution in [1.29, 1.82) is 0 Å². The van der Waals surface area contributed by atoms with Gasteiger partial charge in [0.05, 0.1) is 5.56 Å². The molecule has 2 nitrogen and oxygen atoms in total. The molecule has 21 heavy (non-hydrogen) atoms. The summed E-state index contributed by atoms with van der Waals surface area (Å²) in [5.74, 6) is -0.105. The van der Waals surface area contributed by atoms with Crippen molar-refractivity contribution in [2.24, 2.45) is 0 Å². The van der Waals surface area contributed by atoms with Crippen molar-refractivity contribution in [2.45, 2.75) is 36.8 Å². The van der Waals surface area contributed by atoms with Crippen LogP contribution in [-0.2, 0) is 11.2 Å². The topological polar surface area (TPSA) is 37.3 Å². The van der Waals surface area contributed by atoms with Crippen molar-refractivity contribution in [3.63, 3.8) is 0 Å². The van der Waals surface area contributed by atoms with E-state index in [4.69, 9.17) is 5.11 Å². The summed E-state index contributed by atoms with van der Waals surface area (Å²) in [6, 6.07) is 15.7. The van der Waals surface area contributed by atoms with Crippen LogP contribution in [0.4, 0.5) is 0 Å². The second-order valence-corrected chi connectivity index (χ2v) is 7.12. The van der Waals surface area contributed by atoms with Gasteiger partial charge >= 0.3 is 5.97 Å². The molecule has 0 aromatic heterocycles. The molecule has 0 spiro atoms. The first kappa shape index (κ1) is 15.6. The Kier molecular flexibility index (Phi) is 4.73. The number of rotatable bonds is 4. The third-order valence-corrected chi connectivity index (χ3v) is 4.38. The van der Waals surface area contributed by atoms with Crippen LogP contribution in [0.25, 0.3) is 0 Å². The third kappa shape index (κ3) is 4.36. The molecule has 2 aromatic carbocycles. The van der Waals surface area contributed by atoms with Crippen LogP contribution in [-0.4, -0.2) is 11.1 Å². The van der Waals surface area contributed by atoms with Gasteiger partial charge in [0.15, 0.2) is 0 Å². The van der Waals surface area contributed by atoms with Gasteiger partial charge in [0.1, 0.15) is 0 Å². The number of carboxylic acids is 1. The SMILES string of the molecule is CC(C)(C)c1ccc(SCc2cccc(C(=O)O)c2)cc1. The van der Waals surface area contributed by atoms with E-state index in [9.17, 15) is 4.79 Å². The van der Waals surface area contributed by atoms with E-state index in [0.29, 0.717) is 5.56 Å². The Morgan fingerprint density at radius 3 is 2.33 bits per heavy atom. The Morgan fingerprint density at radius 2 is 1.76 bits per heavy atom. The van der Waals surface area contributed by atoms with E-state index in [1.807, 2.05) is 6.07 Å². The van der Waals surface area contributed by atoms with Gasteiger partial charge in [-0.15, -0.1) is 11.8 Å². The minimum atomic E-state index is -0.878. The van der Waals surface area contributed by atoms with E-state index in [2.05, 4.69) is 45.0 Å². The number of carbonyl (C=O) groups is 1. The molecule has 0 unspecified atom stereocenters. The van der Waals surface area contributed by atoms with Crippen molar-refractivity contribution >= 4 is 17.7 Å². The van der Waals surface area contributed by atoms with Gasteiger partial charge in [-0.25, -0.2) is 4.79 Å². The molecular weight excluding hydrogens is 280 g/mol. The quantitative estimate of drug-likeness (QED) is 0.810. The predicted octanol–water partition coefficient (Wildman–Crippen LogP) is 4.97. The Balaban J connectivity index is 2.03. The minimum Gasteiger partial charge on any atom is -0.478 e. The fourth-order valence-electron chi connectivity index (χ4n) is 2.01. The second-order valence-electron chi connectivity index (χ2n) is 6.07. The highest BCUT2D eigenvalue weighted by molar-refractivity contribution is 7.98. The number of aromatic carboxylic acids is 1. The average Bonchev–Trinajstić information content (AvgIpc) is 2.45. The van der Waals surface area contributed by atoms with Crippen LogP contribution in [0.3, 0.4) is 0 Å². The number of carboxylic acid groups (broad SMARTS) is 1. The molecular formula is C18H20O2S. The Bertz CT molecular complexity index is 624. The summed E-state index contributed by atoms with van der Waals surface area (Å²) in [5, 5.41) is 8.99. The maximum atomic E-state index is 11.0. The molecule has 0 saturated heterocycles. The first-order chi connectivity index (χ1) is 9.86. The fraction of sp³-hybridized carbons (Fsp3) is 0.278. The van der Waals surface area contributed by atoms with Gasteiger partial charge < -0.3 is 5.11 Å². The summed E-state index contributed by atoms with van der Waals surface area (Å²) in [7, 11) is 0. The lowest BCUT2D eigenvalue weighted by molar-refractivity contribution is 0.0697. The minimum absolute atomic E-state index is 0.166. The largest absolute Gasteiger partial charge is 0.478 e. The molecule has 1 N–H and O–H groups in total. The summed E-state index contributed by atoms with van der Waals surface area (Å²) in [6.45, 7) is 6.60. The Labute approximate surface area is 130 Å². The molecule has 0 aliphatic heterocycles. The molecule has 110 valence electrons. The van der Waals surface area contributed by atoms with E-state index in [1.165, 1.54) is 10.5 Å². The highest BCUT2D eigenvalue weighted by Crippen LogP contribution is 2.27. The van der Waals surface area contributed by atoms with E-state index in [-0.39, 0.29) is 5.41 Å². The van der Waals surface area contributed by atoms with Crippen LogP contribution in [0.15, 0.2) is 53.4 Å². The number of thioether (sulfide) groups is 1. The Hall–Kier alpha value is -1.74. The highest BCUT2D eigenvalue weighted by Gasteiger charge is 2.12. The third-order valence-electron chi connectivity index (χ3n) is 3.30. The molecule has 0 fully saturated rings. The summed E-state index contributed by atoms with van der Waals surface area (Å²) in [6.07, 6.45) is 0. The second kappa shape index (κ2) is 6.35. The van der Waals surface area contributed by atoms with Gasteiger partial charge in [-0.3, -0.25) is 0 Å². The van der Waals surface area contributed by atoms with Crippen LogP contribution in [0.1, 0.15) is 42.3 Å². The van der Waals surface area contributed by atoms with Gasteiger partial charge in [-0.2, -0.15) is 0 Å². The zero-order valence-corrected chi connectivity index (χ0v) is 13.4. The molecule has 0 aliphatic carbocycles. The zero-order chi connectivity index (χ0) is 15.5. The smallest absolute Gasteiger partial charge is 0.335 e. The average molecular weight is 300 g/mol. The van der Waals surface area contributed by atoms with E-state index in [0.717, 1.165) is 11.3 Å². The number of benzene rings is 2. The lowest BCUT2D eigenvalue weighted by Gasteiger charge is -2.19. The Morgan fingerprint density at radius 1 is 1.10 bits per heavy atom. The molecule has 0 bridgehead atoms. The molecule has 0 heterocycles. The first-order valence-corrected chi connectivity index (χ1v) is 7.90. The van der Waals surface area contributed by atoms with Crippen molar-refractivity contribution in [1.82, 2.24) is 0 Å². The molecule has 3 heteroatoms. The van der Waals surface area contributed by atoms with Crippen LogP contribution in [0, 0.1) is 0 Å². The van der Waals surface area contributed by atoms with Gasteiger partial charge in [-0.1, -0.05) is 45.0 Å². The highest BCUT2D eigenvalue weighted by atomic mass is 32.2. The van der Waals surface area contributed by atoms with E-state index >= 15 is 0 Å². The molecule has 0 atom stereocenters. The van der Waals surface area contributed by atoms with E-state index in [1.54, 1.807) is 30.0 Å². The molecule has 0 amide bonds. The van der Waals surface area contributed by atoms with Crippen LogP contribution in [0.5, 0.6) is 0 Å². The van der Waals surface area contributed by atoms with Crippen molar-refractivity contribution in [3.8, 4) is 0 Å². The van der Waals surface area contributed by atoms with Gasteiger partial charge in [-0.05, 0) is 40.8 Å². The van der Waals surface area contributed by atoms with Gasteiger partial charge in [0, 0.05) is 10.6 Å². The maximum Gasteiger partial charge on any atom is 0.335 e. The number of hydrogen-bond donors (Lipinski definition) is 1. The van der Waals surface area contributed by atoms with Crippen LogP contribution in [0.2, 0.25) is 0 Å².